The van der Waals surface area contributed by atoms with Crippen LogP contribution in [0.3, 0.4) is 0 Å². The van der Waals surface area contributed by atoms with Gasteiger partial charge in [0, 0.05) is 17.9 Å². The van der Waals surface area contributed by atoms with Crippen LogP contribution in [0, 0.1) is 11.8 Å². The van der Waals surface area contributed by atoms with E-state index >= 15 is 0 Å². The van der Waals surface area contributed by atoms with Crippen LogP contribution in [0.5, 0.6) is 5.75 Å². The van der Waals surface area contributed by atoms with E-state index in [1.54, 1.807) is 7.11 Å². The summed E-state index contributed by atoms with van der Waals surface area (Å²) in [7, 11) is 1.60. The molecule has 5 heteroatoms. The minimum atomic E-state index is -0.0290. The number of amides is 2. The lowest BCUT2D eigenvalue weighted by molar-refractivity contribution is -0.129. The first-order chi connectivity index (χ1) is 12.7. The highest BCUT2D eigenvalue weighted by Gasteiger charge is 2.31. The molecule has 0 spiro atoms. The maximum absolute atomic E-state index is 12.6. The van der Waals surface area contributed by atoms with E-state index in [1.165, 1.54) is 19.3 Å². The highest BCUT2D eigenvalue weighted by Crippen LogP contribution is 2.31. The van der Waals surface area contributed by atoms with Gasteiger partial charge in [-0.25, -0.2) is 0 Å². The van der Waals surface area contributed by atoms with Gasteiger partial charge in [-0.1, -0.05) is 31.4 Å². The molecule has 1 aromatic carbocycles. The number of carbonyl (C=O) groups excluding carboxylic acids is 2. The molecule has 0 heterocycles. The van der Waals surface area contributed by atoms with E-state index in [9.17, 15) is 9.59 Å². The molecule has 5 nitrogen and oxygen atoms in total. The van der Waals surface area contributed by atoms with E-state index in [0.29, 0.717) is 17.5 Å². The number of nitrogens with one attached hydrogen (secondary N) is 2. The van der Waals surface area contributed by atoms with Crippen LogP contribution in [0.2, 0.25) is 0 Å². The van der Waals surface area contributed by atoms with E-state index in [-0.39, 0.29) is 23.7 Å². The normalized spacial score (nSPS) is 23.9. The summed E-state index contributed by atoms with van der Waals surface area (Å²) in [6.07, 6.45) is 9.09. The average Bonchev–Trinajstić information content (AvgIpc) is 2.69. The molecule has 2 amide bonds. The van der Waals surface area contributed by atoms with Gasteiger partial charge in [0.25, 0.3) is 0 Å². The minimum absolute atomic E-state index is 0.0284. The third-order valence-electron chi connectivity index (χ3n) is 5.79. The van der Waals surface area contributed by atoms with Crippen molar-refractivity contribution >= 4 is 17.5 Å². The van der Waals surface area contributed by atoms with E-state index in [0.717, 1.165) is 38.5 Å². The Morgan fingerprint density at radius 2 is 1.50 bits per heavy atom. The van der Waals surface area contributed by atoms with E-state index in [1.807, 2.05) is 24.3 Å². The summed E-state index contributed by atoms with van der Waals surface area (Å²) in [5, 5.41) is 6.21. The predicted octanol–water partition coefficient (Wildman–Crippen LogP) is 3.89. The molecule has 0 aromatic heterocycles. The lowest BCUT2D eigenvalue weighted by Crippen LogP contribution is -2.41. The number of rotatable bonds is 5. The molecule has 0 unspecified atom stereocenters. The van der Waals surface area contributed by atoms with Gasteiger partial charge in [-0.05, 0) is 50.7 Å². The predicted molar refractivity (Wildman–Crippen MR) is 102 cm³/mol. The van der Waals surface area contributed by atoms with E-state index < -0.39 is 0 Å². The highest BCUT2D eigenvalue weighted by molar-refractivity contribution is 5.94. The smallest absolute Gasteiger partial charge is 0.227 e. The summed E-state index contributed by atoms with van der Waals surface area (Å²) in [6, 6.07) is 7.81. The van der Waals surface area contributed by atoms with Crippen molar-refractivity contribution in [3.63, 3.8) is 0 Å². The molecule has 2 saturated carbocycles. The number of hydrogen-bond acceptors (Lipinski definition) is 3. The van der Waals surface area contributed by atoms with Gasteiger partial charge in [-0.3, -0.25) is 9.59 Å². The Morgan fingerprint density at radius 3 is 2.15 bits per heavy atom. The first-order valence-corrected chi connectivity index (χ1v) is 9.91. The molecule has 1 aromatic rings. The van der Waals surface area contributed by atoms with Crippen molar-refractivity contribution in [1.29, 1.82) is 0 Å². The van der Waals surface area contributed by atoms with Gasteiger partial charge in [0.2, 0.25) is 11.8 Å². The second kappa shape index (κ2) is 9.06. The van der Waals surface area contributed by atoms with Crippen molar-refractivity contribution in [2.24, 2.45) is 11.8 Å². The number of hydrogen-bond donors (Lipinski definition) is 2. The third kappa shape index (κ3) is 4.77. The summed E-state index contributed by atoms with van der Waals surface area (Å²) in [5.74, 6) is 0.924. The zero-order valence-corrected chi connectivity index (χ0v) is 15.6. The molecule has 3 rings (SSSR count). The van der Waals surface area contributed by atoms with Crippen molar-refractivity contribution in [2.45, 2.75) is 63.8 Å². The zero-order valence-electron chi connectivity index (χ0n) is 15.6. The molecule has 26 heavy (non-hydrogen) atoms. The first-order valence-electron chi connectivity index (χ1n) is 9.91. The number of carbonyl (C=O) groups is 2. The number of benzene rings is 1. The maximum atomic E-state index is 12.6. The van der Waals surface area contributed by atoms with Crippen LogP contribution < -0.4 is 15.4 Å². The molecular formula is C21H30N2O3. The van der Waals surface area contributed by atoms with Gasteiger partial charge in [-0.15, -0.1) is 0 Å². The monoisotopic (exact) mass is 358 g/mol. The summed E-state index contributed by atoms with van der Waals surface area (Å²) in [5.41, 5.74) is 0.706. The molecule has 2 aliphatic rings. The van der Waals surface area contributed by atoms with Crippen LogP contribution in [0.15, 0.2) is 24.3 Å². The van der Waals surface area contributed by atoms with Crippen molar-refractivity contribution in [3.8, 4) is 5.75 Å². The van der Waals surface area contributed by atoms with Crippen LogP contribution in [-0.2, 0) is 9.59 Å². The number of methoxy groups -OCH3 is 1. The topological polar surface area (TPSA) is 67.4 Å². The SMILES string of the molecule is COc1ccccc1NC(=O)C1CCC(C(=O)NC2CCCCC2)CC1. The first kappa shape index (κ1) is 18.7. The van der Waals surface area contributed by atoms with Gasteiger partial charge in [-0.2, -0.15) is 0 Å². The largest absolute Gasteiger partial charge is 0.495 e. The van der Waals surface area contributed by atoms with Crippen molar-refractivity contribution < 1.29 is 14.3 Å². The molecule has 0 atom stereocenters. The fraction of sp³-hybridized carbons (Fsp3) is 0.619. The summed E-state index contributed by atoms with van der Waals surface area (Å²) >= 11 is 0. The Balaban J connectivity index is 1.46. The van der Waals surface area contributed by atoms with E-state index in [2.05, 4.69) is 10.6 Å². The summed E-state index contributed by atoms with van der Waals surface area (Å²) in [4.78, 5) is 25.1. The molecule has 0 aliphatic heterocycles. The average molecular weight is 358 g/mol. The number of para-hydroxylation sites is 2. The van der Waals surface area contributed by atoms with Gasteiger partial charge in [0.15, 0.2) is 0 Å². The van der Waals surface area contributed by atoms with Gasteiger partial charge < -0.3 is 15.4 Å². The molecule has 142 valence electrons. The number of anilines is 1. The fourth-order valence-electron chi connectivity index (χ4n) is 4.17. The Morgan fingerprint density at radius 1 is 0.885 bits per heavy atom. The number of ether oxygens (including phenoxy) is 1. The zero-order chi connectivity index (χ0) is 18.4. The Bertz CT molecular complexity index is 617. The van der Waals surface area contributed by atoms with Gasteiger partial charge in [0.05, 0.1) is 12.8 Å². The second-order valence-corrected chi connectivity index (χ2v) is 7.58. The molecule has 0 bridgehead atoms. The Kier molecular flexibility index (Phi) is 6.53. The van der Waals surface area contributed by atoms with Crippen LogP contribution in [0.4, 0.5) is 5.69 Å². The fourth-order valence-corrected chi connectivity index (χ4v) is 4.17. The van der Waals surface area contributed by atoms with Crippen LogP contribution in [0.1, 0.15) is 57.8 Å². The van der Waals surface area contributed by atoms with Crippen LogP contribution in [0.25, 0.3) is 0 Å². The van der Waals surface area contributed by atoms with Crippen molar-refractivity contribution in [2.75, 3.05) is 12.4 Å². The van der Waals surface area contributed by atoms with Crippen LogP contribution >= 0.6 is 0 Å². The molecule has 2 N–H and O–H groups in total. The molecule has 0 saturated heterocycles. The summed E-state index contributed by atoms with van der Waals surface area (Å²) in [6.45, 7) is 0. The molecule has 2 fully saturated rings. The highest BCUT2D eigenvalue weighted by atomic mass is 16.5. The second-order valence-electron chi connectivity index (χ2n) is 7.58. The van der Waals surface area contributed by atoms with Gasteiger partial charge >= 0.3 is 0 Å². The standard InChI is InChI=1S/C21H30N2O3/c1-26-19-10-6-5-9-18(19)23-21(25)16-13-11-15(12-14-16)20(24)22-17-7-3-2-4-8-17/h5-6,9-10,15-17H,2-4,7-8,11-14H2,1H3,(H,22,24)(H,23,25). The van der Waals surface area contributed by atoms with Crippen molar-refractivity contribution in [3.05, 3.63) is 24.3 Å². The third-order valence-corrected chi connectivity index (χ3v) is 5.79. The maximum Gasteiger partial charge on any atom is 0.227 e. The Hall–Kier alpha value is -2.04. The molecule has 0 radical (unpaired) electrons. The lowest BCUT2D eigenvalue weighted by atomic mass is 9.80. The van der Waals surface area contributed by atoms with Gasteiger partial charge in [0.1, 0.15) is 5.75 Å². The quantitative estimate of drug-likeness (QED) is 0.839. The van der Waals surface area contributed by atoms with E-state index in [4.69, 9.17) is 4.74 Å². The Labute approximate surface area is 155 Å². The lowest BCUT2D eigenvalue weighted by Gasteiger charge is -2.30. The molecular weight excluding hydrogens is 328 g/mol. The van der Waals surface area contributed by atoms with Crippen molar-refractivity contribution in [1.82, 2.24) is 5.32 Å². The summed E-state index contributed by atoms with van der Waals surface area (Å²) < 4.78 is 5.29. The molecule has 2 aliphatic carbocycles. The minimum Gasteiger partial charge on any atom is -0.495 e. The van der Waals surface area contributed by atoms with Crippen LogP contribution in [-0.4, -0.2) is 25.0 Å².